The number of nitriles is 1. The van der Waals surface area contributed by atoms with Crippen molar-refractivity contribution in [3.8, 4) is 11.8 Å². The lowest BCUT2D eigenvalue weighted by Crippen LogP contribution is -1.95. The van der Waals surface area contributed by atoms with E-state index in [4.69, 9.17) is 16.9 Å². The van der Waals surface area contributed by atoms with Gasteiger partial charge in [0.15, 0.2) is 0 Å². The van der Waals surface area contributed by atoms with E-state index in [0.29, 0.717) is 10.6 Å². The third kappa shape index (κ3) is 1.48. The molecule has 0 unspecified atom stereocenters. The molecule has 4 heteroatoms. The van der Waals surface area contributed by atoms with E-state index in [1.54, 1.807) is 35.3 Å². The highest BCUT2D eigenvalue weighted by molar-refractivity contribution is 6.32. The molecule has 1 aromatic heterocycles. The number of aromatic nitrogens is 2. The highest BCUT2D eigenvalue weighted by Crippen LogP contribution is 2.20. The van der Waals surface area contributed by atoms with Crippen molar-refractivity contribution in [3.63, 3.8) is 0 Å². The first-order chi connectivity index (χ1) is 6.81. The molecule has 0 aliphatic heterocycles. The highest BCUT2D eigenvalue weighted by atomic mass is 35.5. The van der Waals surface area contributed by atoms with Gasteiger partial charge in [0.25, 0.3) is 0 Å². The van der Waals surface area contributed by atoms with Crippen LogP contribution in [0, 0.1) is 11.3 Å². The van der Waals surface area contributed by atoms with Gasteiger partial charge in [-0.1, -0.05) is 11.6 Å². The average molecular weight is 204 g/mol. The summed E-state index contributed by atoms with van der Waals surface area (Å²) < 4.78 is 1.66. The minimum absolute atomic E-state index is 0.521. The van der Waals surface area contributed by atoms with Gasteiger partial charge in [-0.25, -0.2) is 4.68 Å². The maximum atomic E-state index is 8.65. The monoisotopic (exact) mass is 203 g/mol. The lowest BCUT2D eigenvalue weighted by molar-refractivity contribution is 0.880. The Hall–Kier alpha value is -1.79. The van der Waals surface area contributed by atoms with Crippen molar-refractivity contribution in [1.29, 1.82) is 5.26 Å². The van der Waals surface area contributed by atoms with Crippen LogP contribution >= 0.6 is 11.6 Å². The predicted molar refractivity (Wildman–Crippen MR) is 53.3 cm³/mol. The zero-order chi connectivity index (χ0) is 9.97. The maximum Gasteiger partial charge on any atom is 0.0992 e. The van der Waals surface area contributed by atoms with Crippen LogP contribution in [0.2, 0.25) is 5.02 Å². The summed E-state index contributed by atoms with van der Waals surface area (Å²) in [5.41, 5.74) is 1.32. The molecule has 0 radical (unpaired) electrons. The van der Waals surface area contributed by atoms with E-state index >= 15 is 0 Å². The number of halogens is 1. The summed E-state index contributed by atoms with van der Waals surface area (Å²) in [6.07, 6.45) is 3.47. The standard InChI is InChI=1S/C10H6ClN3/c11-9-6-8(7-12)2-3-10(9)14-5-1-4-13-14/h1-6H. The first-order valence-electron chi connectivity index (χ1n) is 4.01. The Balaban J connectivity index is 2.52. The van der Waals surface area contributed by atoms with Crippen molar-refractivity contribution in [1.82, 2.24) is 9.78 Å². The summed E-state index contributed by atoms with van der Waals surface area (Å²) in [7, 11) is 0. The van der Waals surface area contributed by atoms with Gasteiger partial charge in [-0.3, -0.25) is 0 Å². The van der Waals surface area contributed by atoms with E-state index in [9.17, 15) is 0 Å². The Bertz CT molecular complexity index is 483. The summed E-state index contributed by atoms with van der Waals surface area (Å²) in [4.78, 5) is 0. The molecule has 0 bridgehead atoms. The molecule has 0 aliphatic rings. The molecular weight excluding hydrogens is 198 g/mol. The molecule has 0 saturated heterocycles. The van der Waals surface area contributed by atoms with Crippen molar-refractivity contribution >= 4 is 11.6 Å². The van der Waals surface area contributed by atoms with Gasteiger partial charge in [0.2, 0.25) is 0 Å². The molecule has 0 saturated carbocycles. The quantitative estimate of drug-likeness (QED) is 0.714. The first kappa shape index (κ1) is 8.79. The van der Waals surface area contributed by atoms with Gasteiger partial charge < -0.3 is 0 Å². The SMILES string of the molecule is N#Cc1ccc(-n2cccn2)c(Cl)c1. The topological polar surface area (TPSA) is 41.6 Å². The van der Waals surface area contributed by atoms with Crippen LogP contribution in [0.4, 0.5) is 0 Å². The second-order valence-corrected chi connectivity index (χ2v) is 3.14. The summed E-state index contributed by atoms with van der Waals surface area (Å²) in [6, 6.07) is 8.95. The van der Waals surface area contributed by atoms with E-state index in [1.165, 1.54) is 0 Å². The molecule has 2 rings (SSSR count). The smallest absolute Gasteiger partial charge is 0.0992 e. The molecule has 0 fully saturated rings. The Kier molecular flexibility index (Phi) is 2.21. The molecule has 1 heterocycles. The van der Waals surface area contributed by atoms with E-state index in [1.807, 2.05) is 12.1 Å². The molecule has 14 heavy (non-hydrogen) atoms. The van der Waals surface area contributed by atoms with Crippen LogP contribution in [0.5, 0.6) is 0 Å². The number of benzene rings is 1. The normalized spacial score (nSPS) is 9.71. The van der Waals surface area contributed by atoms with Gasteiger partial charge in [0, 0.05) is 12.4 Å². The van der Waals surface area contributed by atoms with Gasteiger partial charge in [-0.2, -0.15) is 10.4 Å². The Morgan fingerprint density at radius 1 is 1.43 bits per heavy atom. The molecule has 0 spiro atoms. The van der Waals surface area contributed by atoms with Crippen LogP contribution in [-0.4, -0.2) is 9.78 Å². The average Bonchev–Trinajstić information content (AvgIpc) is 2.70. The second-order valence-electron chi connectivity index (χ2n) is 2.73. The molecule has 0 amide bonds. The third-order valence-corrected chi connectivity index (χ3v) is 2.13. The second kappa shape index (κ2) is 3.52. The fraction of sp³-hybridized carbons (Fsp3) is 0. The van der Waals surface area contributed by atoms with Crippen LogP contribution in [0.3, 0.4) is 0 Å². The molecule has 68 valence electrons. The number of rotatable bonds is 1. The zero-order valence-electron chi connectivity index (χ0n) is 7.18. The summed E-state index contributed by atoms with van der Waals surface area (Å²) >= 11 is 5.99. The minimum atomic E-state index is 0.521. The van der Waals surface area contributed by atoms with Crippen LogP contribution in [-0.2, 0) is 0 Å². The summed E-state index contributed by atoms with van der Waals surface area (Å²) in [5.74, 6) is 0. The van der Waals surface area contributed by atoms with Gasteiger partial charge in [-0.15, -0.1) is 0 Å². The van der Waals surface area contributed by atoms with E-state index in [0.717, 1.165) is 5.69 Å². The molecule has 0 aliphatic carbocycles. The van der Waals surface area contributed by atoms with Crippen LogP contribution in [0.25, 0.3) is 5.69 Å². The molecule has 2 aromatic rings. The van der Waals surface area contributed by atoms with Crippen molar-refractivity contribution in [2.75, 3.05) is 0 Å². The van der Waals surface area contributed by atoms with Crippen molar-refractivity contribution in [2.24, 2.45) is 0 Å². The van der Waals surface area contributed by atoms with Gasteiger partial charge >= 0.3 is 0 Å². The lowest BCUT2D eigenvalue weighted by atomic mass is 10.2. The predicted octanol–water partition coefficient (Wildman–Crippen LogP) is 2.40. The number of hydrogen-bond donors (Lipinski definition) is 0. The van der Waals surface area contributed by atoms with Gasteiger partial charge in [0.1, 0.15) is 0 Å². The third-order valence-electron chi connectivity index (χ3n) is 1.83. The molecule has 3 nitrogen and oxygen atoms in total. The summed E-state index contributed by atoms with van der Waals surface area (Å²) in [5, 5.41) is 13.2. The number of hydrogen-bond acceptors (Lipinski definition) is 2. The fourth-order valence-electron chi connectivity index (χ4n) is 1.17. The van der Waals surface area contributed by atoms with Crippen LogP contribution in [0.1, 0.15) is 5.56 Å². The van der Waals surface area contributed by atoms with Crippen LogP contribution in [0.15, 0.2) is 36.7 Å². The summed E-state index contributed by atoms with van der Waals surface area (Å²) in [6.45, 7) is 0. The molecular formula is C10H6ClN3. The Morgan fingerprint density at radius 3 is 2.86 bits per heavy atom. The minimum Gasteiger partial charge on any atom is -0.239 e. The molecule has 0 N–H and O–H groups in total. The van der Waals surface area contributed by atoms with Crippen molar-refractivity contribution < 1.29 is 0 Å². The highest BCUT2D eigenvalue weighted by Gasteiger charge is 2.03. The maximum absolute atomic E-state index is 8.65. The van der Waals surface area contributed by atoms with Crippen molar-refractivity contribution in [3.05, 3.63) is 47.2 Å². The molecule has 0 atom stereocenters. The van der Waals surface area contributed by atoms with Gasteiger partial charge in [-0.05, 0) is 24.3 Å². The van der Waals surface area contributed by atoms with Crippen LogP contribution < -0.4 is 0 Å². The number of nitrogens with zero attached hydrogens (tertiary/aromatic N) is 3. The fourth-order valence-corrected chi connectivity index (χ4v) is 1.44. The Labute approximate surface area is 86.2 Å². The first-order valence-corrected chi connectivity index (χ1v) is 4.39. The molecule has 1 aromatic carbocycles. The Morgan fingerprint density at radius 2 is 2.29 bits per heavy atom. The lowest BCUT2D eigenvalue weighted by Gasteiger charge is -2.03. The van der Waals surface area contributed by atoms with Gasteiger partial charge in [0.05, 0.1) is 22.3 Å². The van der Waals surface area contributed by atoms with Crippen molar-refractivity contribution in [2.45, 2.75) is 0 Å². The van der Waals surface area contributed by atoms with E-state index < -0.39 is 0 Å². The largest absolute Gasteiger partial charge is 0.239 e. The van der Waals surface area contributed by atoms with E-state index in [2.05, 4.69) is 5.10 Å². The van der Waals surface area contributed by atoms with E-state index in [-0.39, 0.29) is 0 Å². The zero-order valence-corrected chi connectivity index (χ0v) is 7.94.